The zero-order chi connectivity index (χ0) is 12.4. The quantitative estimate of drug-likeness (QED) is 0.719. The van der Waals surface area contributed by atoms with Gasteiger partial charge in [-0.2, -0.15) is 0 Å². The average molecular weight is 236 g/mol. The molecule has 0 aromatic heterocycles. The Balaban J connectivity index is 1.84. The molecule has 1 fully saturated rings. The number of nitrogens with one attached hydrogen (secondary N) is 1. The number of nitrogens with two attached hydrogens (primary N) is 1. The minimum atomic E-state index is -0.00319. The number of hydrogen-bond donors (Lipinski definition) is 2. The third-order valence-corrected chi connectivity index (χ3v) is 4.21. The van der Waals surface area contributed by atoms with Crippen LogP contribution in [0, 0.1) is 17.8 Å². The van der Waals surface area contributed by atoms with Gasteiger partial charge in [-0.05, 0) is 37.5 Å². The number of rotatable bonds is 2. The van der Waals surface area contributed by atoms with Crippen LogP contribution < -0.4 is 11.1 Å². The Morgan fingerprint density at radius 3 is 2.59 bits per heavy atom. The first-order valence-electron chi connectivity index (χ1n) is 6.80. The third-order valence-electron chi connectivity index (χ3n) is 4.21. The summed E-state index contributed by atoms with van der Waals surface area (Å²) in [5, 5.41) is 3.21. The van der Waals surface area contributed by atoms with Crippen LogP contribution in [0.5, 0.6) is 0 Å². The fourth-order valence-electron chi connectivity index (χ4n) is 3.09. The van der Waals surface area contributed by atoms with Crippen LogP contribution in [0.1, 0.15) is 39.5 Å². The molecule has 2 aliphatic rings. The molecule has 2 rings (SSSR count). The van der Waals surface area contributed by atoms with Crippen LogP contribution >= 0.6 is 0 Å². The lowest BCUT2D eigenvalue weighted by atomic mass is 9.79. The first-order valence-corrected chi connectivity index (χ1v) is 6.80. The average Bonchev–Trinajstić information content (AvgIpc) is 2.69. The van der Waals surface area contributed by atoms with Crippen molar-refractivity contribution in [3.63, 3.8) is 0 Å². The lowest BCUT2D eigenvalue weighted by Crippen LogP contribution is -2.44. The van der Waals surface area contributed by atoms with Gasteiger partial charge in [-0.3, -0.25) is 4.79 Å². The lowest BCUT2D eigenvalue weighted by Gasteiger charge is -2.33. The summed E-state index contributed by atoms with van der Waals surface area (Å²) in [6.07, 6.45) is 8.24. The van der Waals surface area contributed by atoms with Crippen LogP contribution in [0.25, 0.3) is 0 Å². The van der Waals surface area contributed by atoms with Crippen LogP contribution in [-0.2, 0) is 4.79 Å². The molecule has 1 amide bonds. The molecular weight excluding hydrogens is 212 g/mol. The molecule has 1 saturated carbocycles. The topological polar surface area (TPSA) is 55.1 Å². The Kier molecular flexibility index (Phi) is 3.87. The second-order valence-corrected chi connectivity index (χ2v) is 5.90. The van der Waals surface area contributed by atoms with E-state index in [0.29, 0.717) is 12.0 Å². The predicted molar refractivity (Wildman–Crippen MR) is 69.3 cm³/mol. The zero-order valence-electron chi connectivity index (χ0n) is 10.9. The standard InChI is InChI=1S/C14H24N2O/c1-9-3-6-13(10(2)7-9)16-14(17)11-4-5-12(15)8-11/h4-5,9-13H,3,6-8,15H2,1-2H3,(H,16,17). The van der Waals surface area contributed by atoms with Crippen molar-refractivity contribution in [2.45, 2.75) is 51.6 Å². The minimum absolute atomic E-state index is 0.00319. The predicted octanol–water partition coefficient (Wildman–Crippen LogP) is 1.83. The second kappa shape index (κ2) is 5.21. The molecule has 0 spiro atoms. The summed E-state index contributed by atoms with van der Waals surface area (Å²) >= 11 is 0. The first-order chi connectivity index (χ1) is 8.06. The minimum Gasteiger partial charge on any atom is -0.353 e. The molecule has 0 heterocycles. The summed E-state index contributed by atoms with van der Waals surface area (Å²) < 4.78 is 0. The molecule has 3 nitrogen and oxygen atoms in total. The highest BCUT2D eigenvalue weighted by atomic mass is 16.1. The number of carbonyl (C=O) groups excluding carboxylic acids is 1. The van der Waals surface area contributed by atoms with Crippen molar-refractivity contribution in [1.82, 2.24) is 5.32 Å². The summed E-state index contributed by atoms with van der Waals surface area (Å²) in [7, 11) is 0. The molecule has 0 aromatic rings. The van der Waals surface area contributed by atoms with Crippen molar-refractivity contribution in [2.24, 2.45) is 23.5 Å². The van der Waals surface area contributed by atoms with Gasteiger partial charge in [0.05, 0.1) is 5.92 Å². The number of hydrogen-bond acceptors (Lipinski definition) is 2. The fourth-order valence-corrected chi connectivity index (χ4v) is 3.09. The van der Waals surface area contributed by atoms with E-state index in [0.717, 1.165) is 18.8 Å². The Morgan fingerprint density at radius 1 is 1.24 bits per heavy atom. The van der Waals surface area contributed by atoms with E-state index < -0.39 is 0 Å². The molecule has 96 valence electrons. The van der Waals surface area contributed by atoms with Crippen molar-refractivity contribution in [3.05, 3.63) is 12.2 Å². The Bertz CT molecular complexity index is 313. The molecule has 0 bridgehead atoms. The van der Waals surface area contributed by atoms with Crippen molar-refractivity contribution >= 4 is 5.91 Å². The molecule has 3 heteroatoms. The molecular formula is C14H24N2O. The lowest BCUT2D eigenvalue weighted by molar-refractivity contribution is -0.125. The number of amides is 1. The molecule has 0 saturated heterocycles. The van der Waals surface area contributed by atoms with Gasteiger partial charge in [0, 0.05) is 12.1 Å². The van der Waals surface area contributed by atoms with Gasteiger partial charge in [0.25, 0.3) is 0 Å². The maximum absolute atomic E-state index is 12.1. The normalized spacial score (nSPS) is 41.5. The Hall–Kier alpha value is -0.830. The van der Waals surface area contributed by atoms with Crippen LogP contribution in [0.2, 0.25) is 0 Å². The molecule has 5 atom stereocenters. The molecule has 17 heavy (non-hydrogen) atoms. The zero-order valence-corrected chi connectivity index (χ0v) is 10.9. The van der Waals surface area contributed by atoms with Gasteiger partial charge in [-0.1, -0.05) is 26.0 Å². The molecule has 5 unspecified atom stereocenters. The monoisotopic (exact) mass is 236 g/mol. The highest BCUT2D eigenvalue weighted by Crippen LogP contribution is 2.29. The maximum atomic E-state index is 12.1. The van der Waals surface area contributed by atoms with Crippen molar-refractivity contribution < 1.29 is 4.79 Å². The SMILES string of the molecule is CC1CCC(NC(=O)C2C=CC(N)C2)C(C)C1. The Labute approximate surface area is 104 Å². The molecule has 0 aromatic carbocycles. The van der Waals surface area contributed by atoms with E-state index >= 15 is 0 Å². The smallest absolute Gasteiger partial charge is 0.227 e. The van der Waals surface area contributed by atoms with Gasteiger partial charge in [0.15, 0.2) is 0 Å². The Morgan fingerprint density at radius 2 is 2.00 bits per heavy atom. The largest absolute Gasteiger partial charge is 0.353 e. The van der Waals surface area contributed by atoms with Crippen molar-refractivity contribution in [3.8, 4) is 0 Å². The molecule has 3 N–H and O–H groups in total. The van der Waals surface area contributed by atoms with E-state index in [1.54, 1.807) is 0 Å². The van der Waals surface area contributed by atoms with Crippen molar-refractivity contribution in [2.75, 3.05) is 0 Å². The van der Waals surface area contributed by atoms with Gasteiger partial charge in [0.2, 0.25) is 5.91 Å². The van der Waals surface area contributed by atoms with Crippen LogP contribution in [-0.4, -0.2) is 18.0 Å². The fraction of sp³-hybridized carbons (Fsp3) is 0.786. The van der Waals surface area contributed by atoms with E-state index in [2.05, 4.69) is 19.2 Å². The highest BCUT2D eigenvalue weighted by Gasteiger charge is 2.29. The van der Waals surface area contributed by atoms with Gasteiger partial charge >= 0.3 is 0 Å². The van der Waals surface area contributed by atoms with Crippen molar-refractivity contribution in [1.29, 1.82) is 0 Å². The summed E-state index contributed by atoms with van der Waals surface area (Å²) in [6, 6.07) is 0.429. The van der Waals surface area contributed by atoms with E-state index in [1.165, 1.54) is 12.8 Å². The number of carbonyl (C=O) groups is 1. The summed E-state index contributed by atoms with van der Waals surface area (Å²) in [4.78, 5) is 12.1. The summed E-state index contributed by atoms with van der Waals surface area (Å²) in [5.41, 5.74) is 5.77. The molecule has 0 aliphatic heterocycles. The van der Waals surface area contributed by atoms with Gasteiger partial charge in [-0.15, -0.1) is 0 Å². The molecule has 0 radical (unpaired) electrons. The first kappa shape index (κ1) is 12.6. The highest BCUT2D eigenvalue weighted by molar-refractivity contribution is 5.81. The summed E-state index contributed by atoms with van der Waals surface area (Å²) in [5.74, 6) is 1.57. The van der Waals surface area contributed by atoms with Gasteiger partial charge in [0.1, 0.15) is 0 Å². The van der Waals surface area contributed by atoms with Crippen LogP contribution in [0.3, 0.4) is 0 Å². The molecule has 2 aliphatic carbocycles. The van der Waals surface area contributed by atoms with E-state index in [9.17, 15) is 4.79 Å². The van der Waals surface area contributed by atoms with E-state index in [4.69, 9.17) is 5.73 Å². The van der Waals surface area contributed by atoms with Crippen LogP contribution in [0.15, 0.2) is 12.2 Å². The third kappa shape index (κ3) is 3.09. The summed E-state index contributed by atoms with van der Waals surface area (Å²) in [6.45, 7) is 4.55. The van der Waals surface area contributed by atoms with Gasteiger partial charge in [-0.25, -0.2) is 0 Å². The van der Waals surface area contributed by atoms with E-state index in [-0.39, 0.29) is 17.9 Å². The second-order valence-electron chi connectivity index (χ2n) is 5.90. The van der Waals surface area contributed by atoms with Crippen LogP contribution in [0.4, 0.5) is 0 Å². The van der Waals surface area contributed by atoms with Gasteiger partial charge < -0.3 is 11.1 Å². The van der Waals surface area contributed by atoms with E-state index in [1.807, 2.05) is 12.2 Å². The maximum Gasteiger partial charge on any atom is 0.227 e.